The molecule has 100 valence electrons. The lowest BCUT2D eigenvalue weighted by molar-refractivity contribution is 0.420. The Morgan fingerprint density at radius 1 is 1.63 bits per heavy atom. The molecule has 0 saturated heterocycles. The van der Waals surface area contributed by atoms with Crippen LogP contribution in [0.25, 0.3) is 0 Å². The van der Waals surface area contributed by atoms with Crippen LogP contribution >= 0.6 is 0 Å². The molecular formula is C14H17FN4. The summed E-state index contributed by atoms with van der Waals surface area (Å²) in [6.07, 6.45) is 3.70. The zero-order chi connectivity index (χ0) is 13.8. The molecule has 1 unspecified atom stereocenters. The molecule has 2 N–H and O–H groups in total. The molecule has 0 spiro atoms. The Labute approximate surface area is 112 Å². The smallest absolute Gasteiger partial charge is 0.205 e. The van der Waals surface area contributed by atoms with E-state index in [1.165, 1.54) is 16.7 Å². The number of rotatable bonds is 3. The minimum Gasteiger partial charge on any atom is -0.369 e. The molecule has 0 amide bonds. The van der Waals surface area contributed by atoms with Crippen molar-refractivity contribution in [2.24, 2.45) is 10.7 Å². The highest BCUT2D eigenvalue weighted by molar-refractivity contribution is 5.80. The van der Waals surface area contributed by atoms with Crippen molar-refractivity contribution in [3.8, 4) is 6.19 Å². The molecular weight excluding hydrogens is 243 g/mol. The standard InChI is InChI=1S/C14H17FN4/c1-10-2-3-11-4-5-13(12(11)8-10)18-14(17)19(9-16)7-6-15/h2-3,8,13H,4-7H2,1H3,(H2,17,18). The Bertz CT molecular complexity index is 533. The third kappa shape index (κ3) is 2.84. The van der Waals surface area contributed by atoms with Gasteiger partial charge in [0, 0.05) is 0 Å². The van der Waals surface area contributed by atoms with Gasteiger partial charge < -0.3 is 5.73 Å². The molecule has 1 aromatic rings. The average Bonchev–Trinajstić information content (AvgIpc) is 2.78. The second-order valence-electron chi connectivity index (χ2n) is 4.68. The fourth-order valence-electron chi connectivity index (χ4n) is 2.36. The lowest BCUT2D eigenvalue weighted by atomic mass is 10.1. The van der Waals surface area contributed by atoms with Crippen molar-refractivity contribution in [3.63, 3.8) is 0 Å². The second kappa shape index (κ2) is 5.70. The largest absolute Gasteiger partial charge is 0.369 e. The van der Waals surface area contributed by atoms with E-state index in [2.05, 4.69) is 23.2 Å². The van der Waals surface area contributed by atoms with Crippen LogP contribution in [-0.2, 0) is 6.42 Å². The molecule has 19 heavy (non-hydrogen) atoms. The number of nitrogens with two attached hydrogens (primary N) is 1. The van der Waals surface area contributed by atoms with Gasteiger partial charge >= 0.3 is 0 Å². The Morgan fingerprint density at radius 3 is 3.11 bits per heavy atom. The number of fused-ring (bicyclic) bond motifs is 1. The predicted octanol–water partition coefficient (Wildman–Crippen LogP) is 2.05. The van der Waals surface area contributed by atoms with Crippen LogP contribution in [0.4, 0.5) is 4.39 Å². The highest BCUT2D eigenvalue weighted by atomic mass is 19.1. The van der Waals surface area contributed by atoms with Crippen molar-refractivity contribution in [3.05, 3.63) is 34.9 Å². The van der Waals surface area contributed by atoms with Crippen LogP contribution in [0.3, 0.4) is 0 Å². The van der Waals surface area contributed by atoms with Gasteiger partial charge in [-0.25, -0.2) is 14.3 Å². The number of guanidine groups is 1. The Balaban J connectivity index is 2.22. The Morgan fingerprint density at radius 2 is 2.42 bits per heavy atom. The molecule has 1 aliphatic carbocycles. The summed E-state index contributed by atoms with van der Waals surface area (Å²) in [6.45, 7) is 1.37. The van der Waals surface area contributed by atoms with E-state index in [1.807, 2.05) is 13.1 Å². The quantitative estimate of drug-likeness (QED) is 0.391. The fourth-order valence-corrected chi connectivity index (χ4v) is 2.36. The van der Waals surface area contributed by atoms with E-state index in [9.17, 15) is 4.39 Å². The molecule has 0 aromatic heterocycles. The third-order valence-corrected chi connectivity index (χ3v) is 3.34. The van der Waals surface area contributed by atoms with Gasteiger partial charge in [0.05, 0.1) is 12.6 Å². The maximum Gasteiger partial charge on any atom is 0.205 e. The fraction of sp³-hybridized carbons (Fsp3) is 0.429. The van der Waals surface area contributed by atoms with E-state index >= 15 is 0 Å². The molecule has 0 bridgehead atoms. The molecule has 1 aromatic carbocycles. The van der Waals surface area contributed by atoms with Crippen LogP contribution < -0.4 is 5.73 Å². The average molecular weight is 260 g/mol. The zero-order valence-corrected chi connectivity index (χ0v) is 10.9. The molecule has 0 fully saturated rings. The highest BCUT2D eigenvalue weighted by Crippen LogP contribution is 2.34. The summed E-state index contributed by atoms with van der Waals surface area (Å²) >= 11 is 0. The van der Waals surface area contributed by atoms with Crippen molar-refractivity contribution in [1.29, 1.82) is 5.26 Å². The van der Waals surface area contributed by atoms with Crippen LogP contribution in [0.2, 0.25) is 0 Å². The van der Waals surface area contributed by atoms with Gasteiger partial charge in [0.15, 0.2) is 6.19 Å². The van der Waals surface area contributed by atoms with Crippen LogP contribution in [0, 0.1) is 18.4 Å². The summed E-state index contributed by atoms with van der Waals surface area (Å²) in [5.41, 5.74) is 9.40. The summed E-state index contributed by atoms with van der Waals surface area (Å²) in [7, 11) is 0. The Hall–Kier alpha value is -2.09. The van der Waals surface area contributed by atoms with E-state index in [1.54, 1.807) is 0 Å². The molecule has 0 aliphatic heterocycles. The van der Waals surface area contributed by atoms with Gasteiger partial charge in [-0.15, -0.1) is 0 Å². The number of halogens is 1. The number of alkyl halides is 1. The summed E-state index contributed by atoms with van der Waals surface area (Å²) in [5.74, 6) is 0.0968. The number of hydrogen-bond donors (Lipinski definition) is 1. The van der Waals surface area contributed by atoms with Crippen LogP contribution in [0.15, 0.2) is 23.2 Å². The molecule has 0 radical (unpaired) electrons. The van der Waals surface area contributed by atoms with Gasteiger partial charge in [-0.05, 0) is 30.9 Å². The lowest BCUT2D eigenvalue weighted by Gasteiger charge is -2.15. The van der Waals surface area contributed by atoms with E-state index in [0.29, 0.717) is 0 Å². The number of hydrogen-bond acceptors (Lipinski definition) is 2. The summed E-state index contributed by atoms with van der Waals surface area (Å²) in [6, 6.07) is 6.28. The number of benzene rings is 1. The number of nitrogens with zero attached hydrogens (tertiary/aromatic N) is 3. The van der Waals surface area contributed by atoms with Crippen molar-refractivity contribution in [1.82, 2.24) is 4.90 Å². The molecule has 5 heteroatoms. The normalized spacial score (nSPS) is 17.9. The SMILES string of the molecule is Cc1ccc2c(c1)C(N=C(N)N(C#N)CCF)CC2. The van der Waals surface area contributed by atoms with E-state index in [-0.39, 0.29) is 18.5 Å². The second-order valence-corrected chi connectivity index (χ2v) is 4.68. The molecule has 2 rings (SSSR count). The maximum atomic E-state index is 12.3. The minimum atomic E-state index is -0.621. The van der Waals surface area contributed by atoms with Gasteiger partial charge in [0.2, 0.25) is 5.96 Å². The number of aliphatic imine (C=N–C) groups is 1. The number of nitriles is 1. The molecule has 1 aliphatic rings. The zero-order valence-electron chi connectivity index (χ0n) is 10.9. The third-order valence-electron chi connectivity index (χ3n) is 3.34. The summed E-state index contributed by atoms with van der Waals surface area (Å²) in [5, 5.41) is 8.89. The van der Waals surface area contributed by atoms with Crippen molar-refractivity contribution in [2.45, 2.75) is 25.8 Å². The first-order chi connectivity index (χ1) is 9.15. The minimum absolute atomic E-state index is 0.0228. The summed E-state index contributed by atoms with van der Waals surface area (Å²) < 4.78 is 12.3. The van der Waals surface area contributed by atoms with Crippen LogP contribution in [0.1, 0.15) is 29.2 Å². The molecule has 4 nitrogen and oxygen atoms in total. The predicted molar refractivity (Wildman–Crippen MR) is 72.2 cm³/mol. The van der Waals surface area contributed by atoms with Gasteiger partial charge in [0.1, 0.15) is 6.67 Å². The monoisotopic (exact) mass is 260 g/mol. The molecule has 0 saturated carbocycles. The first-order valence-electron chi connectivity index (χ1n) is 6.31. The Kier molecular flexibility index (Phi) is 4.00. The molecule has 1 atom stereocenters. The van der Waals surface area contributed by atoms with Gasteiger partial charge in [-0.1, -0.05) is 23.8 Å². The van der Waals surface area contributed by atoms with Crippen LogP contribution in [-0.4, -0.2) is 24.1 Å². The topological polar surface area (TPSA) is 65.4 Å². The number of aryl methyl sites for hydroxylation is 2. The molecule has 0 heterocycles. The maximum absolute atomic E-state index is 12.3. The lowest BCUT2D eigenvalue weighted by Crippen LogP contribution is -2.35. The van der Waals surface area contributed by atoms with Crippen molar-refractivity contribution in [2.75, 3.05) is 13.2 Å². The van der Waals surface area contributed by atoms with Gasteiger partial charge in [-0.3, -0.25) is 0 Å². The first kappa shape index (κ1) is 13.3. The van der Waals surface area contributed by atoms with Crippen molar-refractivity contribution >= 4 is 5.96 Å². The van der Waals surface area contributed by atoms with Gasteiger partial charge in [0.25, 0.3) is 0 Å². The van der Waals surface area contributed by atoms with E-state index in [4.69, 9.17) is 11.0 Å². The van der Waals surface area contributed by atoms with Crippen LogP contribution in [0.5, 0.6) is 0 Å². The highest BCUT2D eigenvalue weighted by Gasteiger charge is 2.22. The van der Waals surface area contributed by atoms with E-state index < -0.39 is 6.67 Å². The van der Waals surface area contributed by atoms with E-state index in [0.717, 1.165) is 17.7 Å². The summed E-state index contributed by atoms with van der Waals surface area (Å²) in [4.78, 5) is 5.47. The van der Waals surface area contributed by atoms with Crippen molar-refractivity contribution < 1.29 is 4.39 Å². The van der Waals surface area contributed by atoms with Gasteiger partial charge in [-0.2, -0.15) is 5.26 Å². The first-order valence-corrected chi connectivity index (χ1v) is 6.31.